The Morgan fingerprint density at radius 1 is 1.17 bits per heavy atom. The molecule has 0 aliphatic heterocycles. The van der Waals surface area contributed by atoms with Gasteiger partial charge in [-0.2, -0.15) is 0 Å². The molecule has 0 atom stereocenters. The number of fused-ring (bicyclic) bond motifs is 2. The van der Waals surface area contributed by atoms with Crippen LogP contribution in [0.4, 0.5) is 0 Å². The summed E-state index contributed by atoms with van der Waals surface area (Å²) >= 11 is 1.36. The number of hydrogen-bond acceptors (Lipinski definition) is 5. The molecule has 0 bridgehead atoms. The summed E-state index contributed by atoms with van der Waals surface area (Å²) in [7, 11) is 0. The molecule has 0 N–H and O–H groups in total. The van der Waals surface area contributed by atoms with Crippen LogP contribution in [-0.2, 0) is 6.54 Å². The standard InChI is InChI=1S/C17H12N2O3S/c1-10-18-16-14(15(20)12-6-2-3-7-13(12)23-16)17(21)19(10)9-11-5-4-8-22-11/h2-8H,9H2,1H3. The maximum Gasteiger partial charge on any atom is 0.266 e. The highest BCUT2D eigenvalue weighted by molar-refractivity contribution is 7.24. The number of nitrogens with zero attached hydrogens (tertiary/aromatic N) is 2. The largest absolute Gasteiger partial charge is 0.467 e. The zero-order valence-corrected chi connectivity index (χ0v) is 13.1. The summed E-state index contributed by atoms with van der Waals surface area (Å²) in [6.45, 7) is 2.02. The molecule has 6 heteroatoms. The van der Waals surface area contributed by atoms with Crippen LogP contribution in [0.15, 0.2) is 56.7 Å². The first-order valence-electron chi connectivity index (χ1n) is 7.10. The molecular formula is C17H12N2O3S. The van der Waals surface area contributed by atoms with Crippen molar-refractivity contribution in [2.24, 2.45) is 0 Å². The number of rotatable bonds is 2. The van der Waals surface area contributed by atoms with Gasteiger partial charge in [-0.25, -0.2) is 4.98 Å². The number of benzene rings is 1. The number of furan rings is 1. The van der Waals surface area contributed by atoms with Crippen molar-refractivity contribution in [2.75, 3.05) is 0 Å². The number of aryl methyl sites for hydroxylation is 1. The van der Waals surface area contributed by atoms with E-state index in [9.17, 15) is 9.59 Å². The Hall–Kier alpha value is -2.73. The van der Waals surface area contributed by atoms with Crippen LogP contribution in [0.1, 0.15) is 11.6 Å². The summed E-state index contributed by atoms with van der Waals surface area (Å²) in [5.74, 6) is 1.21. The van der Waals surface area contributed by atoms with Crippen molar-refractivity contribution in [2.45, 2.75) is 13.5 Å². The molecule has 114 valence electrons. The minimum atomic E-state index is -0.323. The van der Waals surface area contributed by atoms with Crippen LogP contribution in [0.2, 0.25) is 0 Å². The summed E-state index contributed by atoms with van der Waals surface area (Å²) in [5.41, 5.74) is -0.587. The topological polar surface area (TPSA) is 65.1 Å². The molecule has 4 rings (SSSR count). The van der Waals surface area contributed by atoms with Gasteiger partial charge in [-0.15, -0.1) is 11.3 Å². The third kappa shape index (κ3) is 2.19. The molecule has 23 heavy (non-hydrogen) atoms. The van der Waals surface area contributed by atoms with Gasteiger partial charge in [0.25, 0.3) is 5.56 Å². The smallest absolute Gasteiger partial charge is 0.266 e. The predicted molar refractivity (Wildman–Crippen MR) is 90.2 cm³/mol. The molecule has 0 spiro atoms. The van der Waals surface area contributed by atoms with Crippen LogP contribution in [0.5, 0.6) is 0 Å². The summed E-state index contributed by atoms with van der Waals surface area (Å²) in [6.07, 6.45) is 1.55. The lowest BCUT2D eigenvalue weighted by Crippen LogP contribution is -2.27. The zero-order valence-electron chi connectivity index (χ0n) is 12.3. The van der Waals surface area contributed by atoms with Gasteiger partial charge in [-0.3, -0.25) is 14.2 Å². The molecule has 0 amide bonds. The summed E-state index contributed by atoms with van der Waals surface area (Å²) in [5, 5.41) is 0.697. The highest BCUT2D eigenvalue weighted by Gasteiger charge is 2.15. The molecule has 0 saturated carbocycles. The van der Waals surface area contributed by atoms with Crippen LogP contribution in [-0.4, -0.2) is 9.55 Å². The third-order valence-electron chi connectivity index (χ3n) is 3.79. The van der Waals surface area contributed by atoms with Gasteiger partial charge in [-0.1, -0.05) is 12.1 Å². The van der Waals surface area contributed by atoms with Gasteiger partial charge in [0, 0.05) is 10.1 Å². The first-order valence-corrected chi connectivity index (χ1v) is 7.92. The normalized spacial score (nSPS) is 11.3. The first kappa shape index (κ1) is 13.9. The molecule has 0 aliphatic carbocycles. The van der Waals surface area contributed by atoms with Gasteiger partial charge in [0.2, 0.25) is 5.43 Å². The van der Waals surface area contributed by atoms with E-state index in [1.54, 1.807) is 37.5 Å². The van der Waals surface area contributed by atoms with E-state index < -0.39 is 0 Å². The van der Waals surface area contributed by atoms with E-state index in [2.05, 4.69) is 4.98 Å². The number of aromatic nitrogens is 2. The van der Waals surface area contributed by atoms with E-state index in [4.69, 9.17) is 4.42 Å². The highest BCUT2D eigenvalue weighted by Crippen LogP contribution is 2.21. The molecule has 0 radical (unpaired) electrons. The maximum absolute atomic E-state index is 12.8. The molecule has 1 aromatic carbocycles. The van der Waals surface area contributed by atoms with Crippen molar-refractivity contribution in [3.05, 3.63) is 74.8 Å². The third-order valence-corrected chi connectivity index (χ3v) is 4.85. The van der Waals surface area contributed by atoms with Crippen LogP contribution in [0.3, 0.4) is 0 Å². The molecule has 4 aromatic rings. The minimum Gasteiger partial charge on any atom is -0.467 e. The van der Waals surface area contributed by atoms with Crippen molar-refractivity contribution in [3.8, 4) is 0 Å². The van der Waals surface area contributed by atoms with E-state index in [-0.39, 0.29) is 22.9 Å². The Morgan fingerprint density at radius 2 is 2.00 bits per heavy atom. The monoisotopic (exact) mass is 324 g/mol. The van der Waals surface area contributed by atoms with E-state index in [0.717, 1.165) is 4.70 Å². The molecule has 0 fully saturated rings. The average molecular weight is 324 g/mol. The Bertz CT molecular complexity index is 1140. The summed E-state index contributed by atoms with van der Waals surface area (Å²) in [4.78, 5) is 30.5. The van der Waals surface area contributed by atoms with Crippen molar-refractivity contribution in [3.63, 3.8) is 0 Å². The van der Waals surface area contributed by atoms with E-state index in [1.807, 2.05) is 12.1 Å². The summed E-state index contributed by atoms with van der Waals surface area (Å²) in [6, 6.07) is 10.8. The fourth-order valence-corrected chi connectivity index (χ4v) is 3.72. The zero-order chi connectivity index (χ0) is 16.0. The molecule has 0 unspecified atom stereocenters. The van der Waals surface area contributed by atoms with Crippen LogP contribution < -0.4 is 11.0 Å². The van der Waals surface area contributed by atoms with E-state index in [1.165, 1.54) is 15.9 Å². The van der Waals surface area contributed by atoms with Gasteiger partial charge in [0.15, 0.2) is 0 Å². The van der Waals surface area contributed by atoms with Crippen molar-refractivity contribution < 1.29 is 4.42 Å². The van der Waals surface area contributed by atoms with Gasteiger partial charge < -0.3 is 4.42 Å². The molecule has 0 aliphatic rings. The SMILES string of the molecule is Cc1nc2sc3ccccc3c(=O)c2c(=O)n1Cc1ccco1. The quantitative estimate of drug-likeness (QED) is 0.532. The lowest BCUT2D eigenvalue weighted by Gasteiger charge is -2.09. The highest BCUT2D eigenvalue weighted by atomic mass is 32.1. The van der Waals surface area contributed by atoms with E-state index in [0.29, 0.717) is 21.8 Å². The Morgan fingerprint density at radius 3 is 2.78 bits per heavy atom. The van der Waals surface area contributed by atoms with Gasteiger partial charge in [-0.05, 0) is 31.2 Å². The van der Waals surface area contributed by atoms with Gasteiger partial charge in [0.05, 0.1) is 12.8 Å². The first-order chi connectivity index (χ1) is 11.1. The van der Waals surface area contributed by atoms with Crippen LogP contribution >= 0.6 is 11.3 Å². The second kappa shape index (κ2) is 5.17. The second-order valence-electron chi connectivity index (χ2n) is 5.24. The molecule has 3 heterocycles. The van der Waals surface area contributed by atoms with Gasteiger partial charge in [0.1, 0.15) is 21.8 Å². The van der Waals surface area contributed by atoms with E-state index >= 15 is 0 Å². The Kier molecular flexibility index (Phi) is 3.12. The van der Waals surface area contributed by atoms with Crippen LogP contribution in [0, 0.1) is 6.92 Å². The Labute approximate surface area is 134 Å². The average Bonchev–Trinajstić information content (AvgIpc) is 3.04. The lowest BCUT2D eigenvalue weighted by atomic mass is 10.2. The predicted octanol–water partition coefficient (Wildman–Crippen LogP) is 2.92. The van der Waals surface area contributed by atoms with Crippen LogP contribution in [0.25, 0.3) is 20.3 Å². The maximum atomic E-state index is 12.8. The van der Waals surface area contributed by atoms with Gasteiger partial charge >= 0.3 is 0 Å². The lowest BCUT2D eigenvalue weighted by molar-refractivity contribution is 0.485. The fraction of sp³-hybridized carbons (Fsp3) is 0.118. The fourth-order valence-electron chi connectivity index (χ4n) is 2.63. The molecule has 3 aromatic heterocycles. The molecule has 5 nitrogen and oxygen atoms in total. The minimum absolute atomic E-state index is 0.144. The van der Waals surface area contributed by atoms with Crippen molar-refractivity contribution >= 4 is 31.6 Å². The van der Waals surface area contributed by atoms with Crippen molar-refractivity contribution in [1.82, 2.24) is 9.55 Å². The second-order valence-corrected chi connectivity index (χ2v) is 6.27. The molecular weight excluding hydrogens is 312 g/mol. The summed E-state index contributed by atoms with van der Waals surface area (Å²) < 4.78 is 7.61. The number of hydrogen-bond donors (Lipinski definition) is 0. The van der Waals surface area contributed by atoms with Crippen molar-refractivity contribution in [1.29, 1.82) is 0 Å². The Balaban J connectivity index is 2.07. The molecule has 0 saturated heterocycles.